The predicted molar refractivity (Wildman–Crippen MR) is 86.1 cm³/mol. The minimum atomic E-state index is -0.323. The van der Waals surface area contributed by atoms with Crippen molar-refractivity contribution in [1.82, 2.24) is 0 Å². The van der Waals surface area contributed by atoms with E-state index in [2.05, 4.69) is 49.9 Å². The maximum Gasteiger partial charge on any atom is 0.0787 e. The van der Waals surface area contributed by atoms with Crippen LogP contribution in [-0.2, 0) is 0 Å². The smallest absolute Gasteiger partial charge is 0.0787 e. The largest absolute Gasteiger partial charge is 0.388 e. The first kappa shape index (κ1) is 15.4. The van der Waals surface area contributed by atoms with Crippen LogP contribution in [0, 0.1) is 11.3 Å². The average Bonchev–Trinajstić information content (AvgIpc) is 2.46. The quantitative estimate of drug-likeness (QED) is 0.884. The predicted octanol–water partition coefficient (Wildman–Crippen LogP) is 4.39. The zero-order valence-electron chi connectivity index (χ0n) is 13.4. The van der Waals surface area contributed by atoms with Gasteiger partial charge < -0.3 is 10.0 Å². The van der Waals surface area contributed by atoms with Crippen LogP contribution in [0.15, 0.2) is 24.3 Å². The summed E-state index contributed by atoms with van der Waals surface area (Å²) >= 11 is 0. The van der Waals surface area contributed by atoms with Crippen molar-refractivity contribution in [2.45, 2.75) is 53.1 Å². The van der Waals surface area contributed by atoms with Crippen molar-refractivity contribution >= 4 is 5.69 Å². The molecule has 2 heteroatoms. The molecule has 1 saturated heterocycles. The van der Waals surface area contributed by atoms with Crippen LogP contribution in [0.2, 0.25) is 0 Å². The average molecular weight is 275 g/mol. The van der Waals surface area contributed by atoms with Gasteiger partial charge in [-0.1, -0.05) is 39.8 Å². The zero-order chi connectivity index (χ0) is 14.8. The zero-order valence-corrected chi connectivity index (χ0v) is 13.4. The molecule has 0 aromatic heterocycles. The Morgan fingerprint density at radius 2 is 1.70 bits per heavy atom. The molecule has 0 saturated carbocycles. The first-order valence-electron chi connectivity index (χ1n) is 7.94. The highest BCUT2D eigenvalue weighted by Gasteiger charge is 2.28. The van der Waals surface area contributed by atoms with Crippen molar-refractivity contribution in [1.29, 1.82) is 0 Å². The molecule has 1 aliphatic rings. The highest BCUT2D eigenvalue weighted by atomic mass is 16.3. The van der Waals surface area contributed by atoms with E-state index in [4.69, 9.17) is 0 Å². The third-order valence-electron chi connectivity index (χ3n) is 4.75. The number of anilines is 1. The monoisotopic (exact) mass is 275 g/mol. The minimum absolute atomic E-state index is 0.323. The molecule has 1 aromatic rings. The number of piperidine rings is 1. The van der Waals surface area contributed by atoms with Gasteiger partial charge in [-0.25, -0.2) is 0 Å². The second kappa shape index (κ2) is 6.17. The third-order valence-corrected chi connectivity index (χ3v) is 4.75. The molecule has 1 N–H and O–H groups in total. The molecule has 20 heavy (non-hydrogen) atoms. The number of aliphatic hydroxyl groups excluding tert-OH is 1. The van der Waals surface area contributed by atoms with Gasteiger partial charge in [-0.2, -0.15) is 0 Å². The van der Waals surface area contributed by atoms with E-state index in [0.29, 0.717) is 5.41 Å². The summed E-state index contributed by atoms with van der Waals surface area (Å²) in [7, 11) is 0. The van der Waals surface area contributed by atoms with Crippen LogP contribution in [0.4, 0.5) is 5.69 Å². The Labute approximate surface area is 123 Å². The van der Waals surface area contributed by atoms with Crippen LogP contribution in [0.1, 0.15) is 58.6 Å². The highest BCUT2D eigenvalue weighted by molar-refractivity contribution is 5.48. The van der Waals surface area contributed by atoms with Crippen LogP contribution < -0.4 is 4.90 Å². The molecule has 0 amide bonds. The van der Waals surface area contributed by atoms with Crippen LogP contribution in [0.3, 0.4) is 0 Å². The summed E-state index contributed by atoms with van der Waals surface area (Å²) in [6.07, 6.45) is 3.01. The van der Waals surface area contributed by atoms with E-state index in [1.165, 1.54) is 18.5 Å². The summed E-state index contributed by atoms with van der Waals surface area (Å²) in [4.78, 5) is 2.48. The van der Waals surface area contributed by atoms with E-state index in [1.54, 1.807) is 0 Å². The van der Waals surface area contributed by atoms with E-state index >= 15 is 0 Å². The Bertz CT molecular complexity index is 410. The van der Waals surface area contributed by atoms with Crippen molar-refractivity contribution in [3.8, 4) is 0 Å². The van der Waals surface area contributed by atoms with Gasteiger partial charge in [0.15, 0.2) is 0 Å². The van der Waals surface area contributed by atoms with Gasteiger partial charge in [0, 0.05) is 18.8 Å². The van der Waals surface area contributed by atoms with Gasteiger partial charge in [-0.15, -0.1) is 0 Å². The van der Waals surface area contributed by atoms with Crippen LogP contribution in [0.25, 0.3) is 0 Å². The third kappa shape index (κ3) is 3.54. The van der Waals surface area contributed by atoms with Gasteiger partial charge in [-0.3, -0.25) is 0 Å². The SMILES string of the molecule is CC[C@H](O)c1ccc(N2CCC(C(C)(C)C)CC2)cc1. The van der Waals surface area contributed by atoms with Crippen molar-refractivity contribution in [3.05, 3.63) is 29.8 Å². The van der Waals surface area contributed by atoms with Gasteiger partial charge >= 0.3 is 0 Å². The van der Waals surface area contributed by atoms with E-state index in [0.717, 1.165) is 31.0 Å². The Hall–Kier alpha value is -1.02. The summed E-state index contributed by atoms with van der Waals surface area (Å²) < 4.78 is 0. The number of rotatable bonds is 3. The van der Waals surface area contributed by atoms with Crippen LogP contribution >= 0.6 is 0 Å². The number of nitrogens with zero attached hydrogens (tertiary/aromatic N) is 1. The first-order valence-corrected chi connectivity index (χ1v) is 7.94. The van der Waals surface area contributed by atoms with Crippen LogP contribution in [-0.4, -0.2) is 18.2 Å². The lowest BCUT2D eigenvalue weighted by Gasteiger charge is -2.39. The fourth-order valence-electron chi connectivity index (χ4n) is 3.15. The fourth-order valence-corrected chi connectivity index (χ4v) is 3.15. The molecule has 0 bridgehead atoms. The molecule has 1 aromatic carbocycles. The van der Waals surface area contributed by atoms with Gasteiger partial charge in [0.05, 0.1) is 6.10 Å². The Morgan fingerprint density at radius 3 is 2.15 bits per heavy atom. The lowest BCUT2D eigenvalue weighted by molar-refractivity contribution is 0.173. The Morgan fingerprint density at radius 1 is 1.15 bits per heavy atom. The number of benzene rings is 1. The number of hydrogen-bond acceptors (Lipinski definition) is 2. The van der Waals surface area contributed by atoms with Gasteiger partial charge in [0.25, 0.3) is 0 Å². The summed E-state index contributed by atoms with van der Waals surface area (Å²) in [6, 6.07) is 8.45. The van der Waals surface area contributed by atoms with E-state index in [1.807, 2.05) is 6.92 Å². The second-order valence-corrected chi connectivity index (χ2v) is 7.14. The van der Waals surface area contributed by atoms with Gasteiger partial charge in [-0.05, 0) is 48.3 Å². The topological polar surface area (TPSA) is 23.5 Å². The number of hydrogen-bond donors (Lipinski definition) is 1. The molecule has 1 aliphatic heterocycles. The molecule has 0 unspecified atom stereocenters. The highest BCUT2D eigenvalue weighted by Crippen LogP contribution is 2.35. The summed E-state index contributed by atoms with van der Waals surface area (Å²) in [6.45, 7) is 11.4. The molecule has 1 heterocycles. The second-order valence-electron chi connectivity index (χ2n) is 7.14. The summed E-state index contributed by atoms with van der Waals surface area (Å²) in [5.74, 6) is 0.833. The molecule has 1 atom stereocenters. The summed E-state index contributed by atoms with van der Waals surface area (Å²) in [5, 5.41) is 9.84. The van der Waals surface area contributed by atoms with Crippen molar-refractivity contribution in [2.75, 3.05) is 18.0 Å². The van der Waals surface area contributed by atoms with Gasteiger partial charge in [0.1, 0.15) is 0 Å². The van der Waals surface area contributed by atoms with E-state index < -0.39 is 0 Å². The molecule has 0 spiro atoms. The Kier molecular flexibility index (Phi) is 4.74. The van der Waals surface area contributed by atoms with Crippen molar-refractivity contribution in [2.24, 2.45) is 11.3 Å². The van der Waals surface area contributed by atoms with Crippen molar-refractivity contribution < 1.29 is 5.11 Å². The first-order chi connectivity index (χ1) is 9.41. The Balaban J connectivity index is 1.97. The fraction of sp³-hybridized carbons (Fsp3) is 0.667. The number of aliphatic hydroxyl groups is 1. The van der Waals surface area contributed by atoms with Crippen LogP contribution in [0.5, 0.6) is 0 Å². The summed E-state index contributed by atoms with van der Waals surface area (Å²) in [5.41, 5.74) is 2.76. The molecule has 0 aliphatic carbocycles. The molecule has 112 valence electrons. The molecule has 0 radical (unpaired) electrons. The van der Waals surface area contributed by atoms with Gasteiger partial charge in [0.2, 0.25) is 0 Å². The maximum absolute atomic E-state index is 9.84. The van der Waals surface area contributed by atoms with E-state index in [-0.39, 0.29) is 6.10 Å². The minimum Gasteiger partial charge on any atom is -0.388 e. The molecule has 2 rings (SSSR count). The molecular formula is C18H29NO. The lowest BCUT2D eigenvalue weighted by Crippen LogP contribution is -2.38. The molecule has 1 fully saturated rings. The molecular weight excluding hydrogens is 246 g/mol. The molecule has 2 nitrogen and oxygen atoms in total. The van der Waals surface area contributed by atoms with E-state index in [9.17, 15) is 5.11 Å². The maximum atomic E-state index is 9.84. The lowest BCUT2D eigenvalue weighted by atomic mass is 9.75. The van der Waals surface area contributed by atoms with Crippen molar-refractivity contribution in [3.63, 3.8) is 0 Å². The normalized spacial score (nSPS) is 19.1. The standard InChI is InChI=1S/C18H29NO/c1-5-17(20)14-6-8-16(9-7-14)19-12-10-15(11-13-19)18(2,3)4/h6-9,15,17,20H,5,10-13H2,1-4H3/t17-/m0/s1.